The zero-order valence-electron chi connectivity index (χ0n) is 27.3. The van der Waals surface area contributed by atoms with Crippen molar-refractivity contribution in [2.24, 2.45) is 0 Å². The van der Waals surface area contributed by atoms with Gasteiger partial charge in [-0.3, -0.25) is 0 Å². The van der Waals surface area contributed by atoms with Crippen LogP contribution in [0.1, 0.15) is 16.7 Å². The molecule has 4 nitrogen and oxygen atoms in total. The third kappa shape index (κ3) is 6.36. The molecule has 1 unspecified atom stereocenters. The summed E-state index contributed by atoms with van der Waals surface area (Å²) in [6, 6.07) is 63.1. The zero-order valence-corrected chi connectivity index (χ0v) is 27.3. The first-order valence-corrected chi connectivity index (χ1v) is 16.8. The van der Waals surface area contributed by atoms with Crippen LogP contribution in [0.25, 0.3) is 39.0 Å². The van der Waals surface area contributed by atoms with Crippen molar-refractivity contribution < 1.29 is 0 Å². The van der Waals surface area contributed by atoms with Gasteiger partial charge in [-0.05, 0) is 94.1 Å². The van der Waals surface area contributed by atoms with Gasteiger partial charge in [0, 0.05) is 39.4 Å². The third-order valence-corrected chi connectivity index (χ3v) is 9.07. The molecule has 0 radical (unpaired) electrons. The van der Waals surface area contributed by atoms with Crippen LogP contribution in [0.15, 0.2) is 182 Å². The van der Waals surface area contributed by atoms with E-state index in [9.17, 15) is 5.26 Å². The van der Waals surface area contributed by atoms with Crippen molar-refractivity contribution in [1.82, 2.24) is 0 Å². The largest absolute Gasteiger partial charge is 0.362 e. The molecule has 0 saturated heterocycles. The number of nitrogens with one attached hydrogen (secondary N) is 3. The summed E-state index contributed by atoms with van der Waals surface area (Å²) in [6.07, 6.45) is 2.03. The standard InChI is InChI=1S/C46H34N4/c47-31-32-13-12-18-37(27-32)40-30-46(49-43-22-11-10-21-39(40)43)50-45-26-24-36(29-42(45)34-16-6-2-7-17-34)35-23-25-44(48-38-19-8-3-9-20-38)41(28-35)33-14-4-1-5-15-33/h1-30,46,48-50H. The van der Waals surface area contributed by atoms with Gasteiger partial charge in [0.05, 0.1) is 11.6 Å². The van der Waals surface area contributed by atoms with Gasteiger partial charge in [-0.15, -0.1) is 0 Å². The molecule has 1 aliphatic rings. The number of anilines is 4. The molecule has 1 heterocycles. The first-order valence-electron chi connectivity index (χ1n) is 16.8. The van der Waals surface area contributed by atoms with E-state index in [0.717, 1.165) is 72.8 Å². The molecule has 0 aromatic heterocycles. The summed E-state index contributed by atoms with van der Waals surface area (Å²) < 4.78 is 0. The van der Waals surface area contributed by atoms with Crippen molar-refractivity contribution in [1.29, 1.82) is 5.26 Å². The minimum atomic E-state index is -0.188. The summed E-state index contributed by atoms with van der Waals surface area (Å²) >= 11 is 0. The number of para-hydroxylation sites is 2. The number of hydrogen-bond acceptors (Lipinski definition) is 4. The topological polar surface area (TPSA) is 59.9 Å². The van der Waals surface area contributed by atoms with E-state index in [0.29, 0.717) is 5.56 Å². The lowest BCUT2D eigenvalue weighted by Gasteiger charge is -2.29. The highest BCUT2D eigenvalue weighted by Crippen LogP contribution is 2.39. The van der Waals surface area contributed by atoms with E-state index in [4.69, 9.17) is 0 Å². The SMILES string of the molecule is N#Cc1cccc(C2=CC(Nc3ccc(-c4ccc(Nc5ccccc5)c(-c5ccccc5)c4)cc3-c3ccccc3)Nc3ccccc32)c1. The predicted octanol–water partition coefficient (Wildman–Crippen LogP) is 11.6. The van der Waals surface area contributed by atoms with Gasteiger partial charge in [-0.25, -0.2) is 0 Å². The highest BCUT2D eigenvalue weighted by molar-refractivity contribution is 5.91. The summed E-state index contributed by atoms with van der Waals surface area (Å²) in [6.45, 7) is 0. The lowest BCUT2D eigenvalue weighted by Crippen LogP contribution is -2.30. The zero-order chi connectivity index (χ0) is 33.7. The van der Waals surface area contributed by atoms with Crippen LogP contribution < -0.4 is 16.0 Å². The Kier molecular flexibility index (Phi) is 8.37. The minimum absolute atomic E-state index is 0.188. The van der Waals surface area contributed by atoms with Crippen LogP contribution in [0.3, 0.4) is 0 Å². The van der Waals surface area contributed by atoms with Crippen LogP contribution in [0.2, 0.25) is 0 Å². The quantitative estimate of drug-likeness (QED) is 0.154. The fraction of sp³-hybridized carbons (Fsp3) is 0.0217. The van der Waals surface area contributed by atoms with Gasteiger partial charge in [0.15, 0.2) is 0 Å². The lowest BCUT2D eigenvalue weighted by atomic mass is 9.91. The lowest BCUT2D eigenvalue weighted by molar-refractivity contribution is 1.00. The maximum absolute atomic E-state index is 9.60. The van der Waals surface area contributed by atoms with Crippen LogP contribution in [-0.2, 0) is 0 Å². The second kappa shape index (κ2) is 13.7. The molecule has 8 rings (SSSR count). The van der Waals surface area contributed by atoms with Crippen molar-refractivity contribution in [3.63, 3.8) is 0 Å². The van der Waals surface area contributed by atoms with Crippen molar-refractivity contribution in [2.75, 3.05) is 16.0 Å². The van der Waals surface area contributed by atoms with E-state index in [2.05, 4.69) is 162 Å². The summed E-state index contributed by atoms with van der Waals surface area (Å²) in [7, 11) is 0. The maximum atomic E-state index is 9.60. The molecule has 1 atom stereocenters. The molecule has 50 heavy (non-hydrogen) atoms. The van der Waals surface area contributed by atoms with Gasteiger partial charge in [0.2, 0.25) is 0 Å². The van der Waals surface area contributed by atoms with Gasteiger partial charge in [-0.1, -0.05) is 121 Å². The molecular weight excluding hydrogens is 609 g/mol. The Morgan fingerprint density at radius 2 is 1.06 bits per heavy atom. The Labute approximate surface area is 293 Å². The highest BCUT2D eigenvalue weighted by Gasteiger charge is 2.21. The fourth-order valence-corrected chi connectivity index (χ4v) is 6.64. The Hall–Kier alpha value is -6.83. The molecule has 0 fully saturated rings. The molecule has 1 aliphatic heterocycles. The molecule has 7 aromatic carbocycles. The fourth-order valence-electron chi connectivity index (χ4n) is 6.64. The Morgan fingerprint density at radius 1 is 0.480 bits per heavy atom. The normalized spacial score (nSPS) is 13.3. The highest BCUT2D eigenvalue weighted by atomic mass is 15.1. The molecule has 0 saturated carbocycles. The van der Waals surface area contributed by atoms with E-state index in [1.165, 1.54) is 0 Å². The predicted molar refractivity (Wildman–Crippen MR) is 208 cm³/mol. The van der Waals surface area contributed by atoms with Crippen molar-refractivity contribution in [3.8, 4) is 39.4 Å². The van der Waals surface area contributed by atoms with Crippen LogP contribution in [0, 0.1) is 11.3 Å². The van der Waals surface area contributed by atoms with E-state index in [1.54, 1.807) is 0 Å². The van der Waals surface area contributed by atoms with Crippen LogP contribution in [-0.4, -0.2) is 6.17 Å². The molecule has 0 bridgehead atoms. The third-order valence-electron chi connectivity index (χ3n) is 9.07. The first-order chi connectivity index (χ1) is 24.7. The Bertz CT molecular complexity index is 2360. The van der Waals surface area contributed by atoms with Crippen LogP contribution in [0.5, 0.6) is 0 Å². The first kappa shape index (κ1) is 30.5. The van der Waals surface area contributed by atoms with Crippen molar-refractivity contribution in [2.45, 2.75) is 6.17 Å². The summed E-state index contributed by atoms with van der Waals surface area (Å²) in [4.78, 5) is 0. The summed E-state index contributed by atoms with van der Waals surface area (Å²) in [5.74, 6) is 0. The van der Waals surface area contributed by atoms with E-state index in [1.807, 2.05) is 42.5 Å². The van der Waals surface area contributed by atoms with E-state index in [-0.39, 0.29) is 6.17 Å². The van der Waals surface area contributed by atoms with Gasteiger partial charge in [0.25, 0.3) is 0 Å². The summed E-state index contributed by atoms with van der Waals surface area (Å²) in [5.41, 5.74) is 14.8. The number of nitrogens with zero attached hydrogens (tertiary/aromatic N) is 1. The van der Waals surface area contributed by atoms with E-state index < -0.39 is 0 Å². The smallest absolute Gasteiger partial charge is 0.117 e. The number of rotatable bonds is 8. The molecule has 4 heteroatoms. The average Bonchev–Trinajstić information content (AvgIpc) is 3.19. The molecular formula is C46H34N4. The summed E-state index contributed by atoms with van der Waals surface area (Å²) in [5, 5.41) is 20.7. The molecule has 238 valence electrons. The van der Waals surface area contributed by atoms with Crippen molar-refractivity contribution >= 4 is 28.3 Å². The molecule has 0 spiro atoms. The second-order valence-electron chi connectivity index (χ2n) is 12.3. The number of benzene rings is 7. The van der Waals surface area contributed by atoms with E-state index >= 15 is 0 Å². The second-order valence-corrected chi connectivity index (χ2v) is 12.3. The van der Waals surface area contributed by atoms with Gasteiger partial charge < -0.3 is 16.0 Å². The molecule has 0 aliphatic carbocycles. The Balaban J connectivity index is 1.19. The number of hydrogen-bond donors (Lipinski definition) is 3. The van der Waals surface area contributed by atoms with Gasteiger partial charge >= 0.3 is 0 Å². The Morgan fingerprint density at radius 3 is 1.74 bits per heavy atom. The van der Waals surface area contributed by atoms with Crippen molar-refractivity contribution in [3.05, 3.63) is 199 Å². The molecule has 7 aromatic rings. The number of fused-ring (bicyclic) bond motifs is 1. The number of nitriles is 1. The molecule has 0 amide bonds. The minimum Gasteiger partial charge on any atom is -0.362 e. The van der Waals surface area contributed by atoms with Gasteiger partial charge in [-0.2, -0.15) is 5.26 Å². The van der Waals surface area contributed by atoms with Crippen LogP contribution in [0.4, 0.5) is 22.7 Å². The van der Waals surface area contributed by atoms with Gasteiger partial charge in [0.1, 0.15) is 6.17 Å². The maximum Gasteiger partial charge on any atom is 0.117 e. The average molecular weight is 643 g/mol. The monoisotopic (exact) mass is 642 g/mol. The molecule has 3 N–H and O–H groups in total. The van der Waals surface area contributed by atoms with Crippen LogP contribution >= 0.6 is 0 Å².